The smallest absolute Gasteiger partial charge is 0.242 e. The van der Waals surface area contributed by atoms with Gasteiger partial charge in [0.2, 0.25) is 5.91 Å². The van der Waals surface area contributed by atoms with Crippen LogP contribution in [0.15, 0.2) is 47.5 Å². The van der Waals surface area contributed by atoms with E-state index in [1.54, 1.807) is 21.3 Å². The largest absolute Gasteiger partial charge is 0.497 e. The SMILES string of the molecule is CCNC(=NCC(=O)NCc1ccc(OC)cc1)NCCc1ccc(OC)c(OC)c1. The first-order valence-corrected chi connectivity index (χ1v) is 10.2. The van der Waals surface area contributed by atoms with Gasteiger partial charge in [-0.25, -0.2) is 4.99 Å². The Hall–Kier alpha value is -3.42. The molecule has 2 rings (SSSR count). The van der Waals surface area contributed by atoms with Gasteiger partial charge in [0.15, 0.2) is 17.5 Å². The van der Waals surface area contributed by atoms with E-state index in [-0.39, 0.29) is 12.5 Å². The Morgan fingerprint density at radius 2 is 1.58 bits per heavy atom. The molecule has 0 bridgehead atoms. The predicted octanol–water partition coefficient (Wildman–Crippen LogP) is 2.13. The predicted molar refractivity (Wildman–Crippen MR) is 122 cm³/mol. The molecule has 0 aliphatic heterocycles. The van der Waals surface area contributed by atoms with Crippen LogP contribution in [0.3, 0.4) is 0 Å². The molecule has 2 aromatic rings. The minimum Gasteiger partial charge on any atom is -0.497 e. The third kappa shape index (κ3) is 8.08. The van der Waals surface area contributed by atoms with Gasteiger partial charge in [-0.15, -0.1) is 0 Å². The number of guanidine groups is 1. The minimum absolute atomic E-state index is 0.0435. The highest BCUT2D eigenvalue weighted by molar-refractivity contribution is 5.84. The Morgan fingerprint density at radius 3 is 2.23 bits per heavy atom. The summed E-state index contributed by atoms with van der Waals surface area (Å²) in [6, 6.07) is 13.4. The van der Waals surface area contributed by atoms with Gasteiger partial charge in [-0.2, -0.15) is 0 Å². The van der Waals surface area contributed by atoms with E-state index < -0.39 is 0 Å². The normalized spacial score (nSPS) is 10.9. The third-order valence-electron chi connectivity index (χ3n) is 4.53. The van der Waals surface area contributed by atoms with Crippen molar-refractivity contribution in [1.82, 2.24) is 16.0 Å². The van der Waals surface area contributed by atoms with Crippen LogP contribution in [-0.4, -0.2) is 52.8 Å². The summed E-state index contributed by atoms with van der Waals surface area (Å²) >= 11 is 0. The van der Waals surface area contributed by atoms with Crippen molar-refractivity contribution in [2.75, 3.05) is 41.0 Å². The van der Waals surface area contributed by atoms with Gasteiger partial charge in [0.1, 0.15) is 12.3 Å². The van der Waals surface area contributed by atoms with Crippen molar-refractivity contribution in [3.63, 3.8) is 0 Å². The first kappa shape index (κ1) is 23.9. The fourth-order valence-corrected chi connectivity index (χ4v) is 2.85. The number of nitrogens with one attached hydrogen (secondary N) is 3. The lowest BCUT2D eigenvalue weighted by Crippen LogP contribution is -2.39. The maximum atomic E-state index is 12.2. The molecule has 0 saturated heterocycles. The van der Waals surface area contributed by atoms with Crippen molar-refractivity contribution < 1.29 is 19.0 Å². The zero-order valence-electron chi connectivity index (χ0n) is 18.7. The second kappa shape index (κ2) is 13.0. The second-order valence-corrected chi connectivity index (χ2v) is 6.69. The van der Waals surface area contributed by atoms with Crippen molar-refractivity contribution in [3.8, 4) is 17.2 Å². The Kier molecular flexibility index (Phi) is 10.0. The van der Waals surface area contributed by atoms with Crippen LogP contribution >= 0.6 is 0 Å². The fraction of sp³-hybridized carbons (Fsp3) is 0.391. The summed E-state index contributed by atoms with van der Waals surface area (Å²) < 4.78 is 15.7. The quantitative estimate of drug-likeness (QED) is 0.375. The molecule has 0 fully saturated rings. The summed E-state index contributed by atoms with van der Waals surface area (Å²) in [7, 11) is 4.86. The molecule has 168 valence electrons. The van der Waals surface area contributed by atoms with Crippen LogP contribution in [0.4, 0.5) is 0 Å². The standard InChI is InChI=1S/C23H32N4O4/c1-5-24-23(25-13-12-17-8-11-20(30-3)21(14-17)31-4)27-16-22(28)26-15-18-6-9-19(29-2)10-7-18/h6-11,14H,5,12-13,15-16H2,1-4H3,(H,26,28)(H2,24,25,27). The van der Waals surface area contributed by atoms with Gasteiger partial charge < -0.3 is 30.2 Å². The van der Waals surface area contributed by atoms with Crippen LogP contribution in [0.2, 0.25) is 0 Å². The van der Waals surface area contributed by atoms with Crippen LogP contribution in [0.25, 0.3) is 0 Å². The molecule has 0 unspecified atom stereocenters. The summed E-state index contributed by atoms with van der Waals surface area (Å²) in [5.74, 6) is 2.65. The van der Waals surface area contributed by atoms with Crippen molar-refractivity contribution in [3.05, 3.63) is 53.6 Å². The number of aliphatic imine (C=N–C) groups is 1. The zero-order chi connectivity index (χ0) is 22.5. The summed E-state index contributed by atoms with van der Waals surface area (Å²) in [4.78, 5) is 16.5. The molecular formula is C23H32N4O4. The average molecular weight is 429 g/mol. The number of benzene rings is 2. The van der Waals surface area contributed by atoms with E-state index in [0.717, 1.165) is 23.3 Å². The van der Waals surface area contributed by atoms with Gasteiger partial charge in [-0.3, -0.25) is 4.79 Å². The number of hydrogen-bond acceptors (Lipinski definition) is 5. The molecule has 0 aliphatic carbocycles. The maximum absolute atomic E-state index is 12.2. The summed E-state index contributed by atoms with van der Waals surface area (Å²) in [6.07, 6.45) is 0.772. The first-order chi connectivity index (χ1) is 15.1. The molecule has 0 aliphatic rings. The number of ether oxygens (including phenoxy) is 3. The number of hydrogen-bond donors (Lipinski definition) is 3. The molecule has 0 spiro atoms. The van der Waals surface area contributed by atoms with E-state index >= 15 is 0 Å². The van der Waals surface area contributed by atoms with E-state index in [1.807, 2.05) is 49.4 Å². The molecular weight excluding hydrogens is 396 g/mol. The van der Waals surface area contributed by atoms with E-state index in [0.29, 0.717) is 37.1 Å². The van der Waals surface area contributed by atoms with Crippen molar-refractivity contribution in [2.45, 2.75) is 19.9 Å². The van der Waals surface area contributed by atoms with Gasteiger partial charge in [0, 0.05) is 19.6 Å². The fourth-order valence-electron chi connectivity index (χ4n) is 2.85. The second-order valence-electron chi connectivity index (χ2n) is 6.69. The van der Waals surface area contributed by atoms with E-state index in [4.69, 9.17) is 14.2 Å². The highest BCUT2D eigenvalue weighted by Crippen LogP contribution is 2.27. The summed E-state index contributed by atoms with van der Waals surface area (Å²) in [5.41, 5.74) is 2.11. The lowest BCUT2D eigenvalue weighted by Gasteiger charge is -2.13. The molecule has 2 aromatic carbocycles. The number of nitrogens with zero attached hydrogens (tertiary/aromatic N) is 1. The Morgan fingerprint density at radius 1 is 0.871 bits per heavy atom. The molecule has 8 nitrogen and oxygen atoms in total. The van der Waals surface area contributed by atoms with Gasteiger partial charge in [0.05, 0.1) is 21.3 Å². The Balaban J connectivity index is 1.81. The van der Waals surface area contributed by atoms with Crippen molar-refractivity contribution in [1.29, 1.82) is 0 Å². The van der Waals surface area contributed by atoms with Crippen LogP contribution in [0, 0.1) is 0 Å². The molecule has 8 heteroatoms. The molecule has 0 heterocycles. The highest BCUT2D eigenvalue weighted by Gasteiger charge is 2.06. The van der Waals surface area contributed by atoms with Crippen molar-refractivity contribution in [2.24, 2.45) is 4.99 Å². The molecule has 3 N–H and O–H groups in total. The maximum Gasteiger partial charge on any atom is 0.242 e. The van der Waals surface area contributed by atoms with Gasteiger partial charge in [0.25, 0.3) is 0 Å². The van der Waals surface area contributed by atoms with Crippen molar-refractivity contribution >= 4 is 11.9 Å². The van der Waals surface area contributed by atoms with Crippen LogP contribution in [0.1, 0.15) is 18.1 Å². The lowest BCUT2D eigenvalue weighted by atomic mass is 10.1. The van der Waals surface area contributed by atoms with Crippen LogP contribution in [0.5, 0.6) is 17.2 Å². The molecule has 0 saturated carbocycles. The third-order valence-corrected chi connectivity index (χ3v) is 4.53. The monoisotopic (exact) mass is 428 g/mol. The van der Waals surface area contributed by atoms with E-state index in [1.165, 1.54) is 0 Å². The lowest BCUT2D eigenvalue weighted by molar-refractivity contribution is -0.119. The number of amides is 1. The Labute approximate surface area is 184 Å². The van der Waals surface area contributed by atoms with Crippen LogP contribution in [-0.2, 0) is 17.8 Å². The van der Waals surface area contributed by atoms with Gasteiger partial charge in [-0.05, 0) is 48.7 Å². The average Bonchev–Trinajstić information content (AvgIpc) is 2.81. The van der Waals surface area contributed by atoms with Gasteiger partial charge >= 0.3 is 0 Å². The highest BCUT2D eigenvalue weighted by atomic mass is 16.5. The molecule has 1 amide bonds. The number of rotatable bonds is 11. The van der Waals surface area contributed by atoms with E-state index in [9.17, 15) is 4.79 Å². The number of carbonyl (C=O) groups is 1. The minimum atomic E-state index is -0.145. The number of methoxy groups -OCH3 is 3. The molecule has 31 heavy (non-hydrogen) atoms. The molecule has 0 aromatic heterocycles. The molecule has 0 atom stereocenters. The topological polar surface area (TPSA) is 93.2 Å². The number of carbonyl (C=O) groups excluding carboxylic acids is 1. The Bertz CT molecular complexity index is 853. The van der Waals surface area contributed by atoms with Gasteiger partial charge in [-0.1, -0.05) is 18.2 Å². The summed E-state index contributed by atoms with van der Waals surface area (Å²) in [6.45, 7) is 3.84. The first-order valence-electron chi connectivity index (χ1n) is 10.2. The van der Waals surface area contributed by atoms with Crippen LogP contribution < -0.4 is 30.2 Å². The molecule has 0 radical (unpaired) electrons. The van der Waals surface area contributed by atoms with E-state index in [2.05, 4.69) is 20.9 Å². The summed E-state index contributed by atoms with van der Waals surface area (Å²) in [5, 5.41) is 9.27. The zero-order valence-corrected chi connectivity index (χ0v) is 18.7.